The van der Waals surface area contributed by atoms with E-state index in [9.17, 15) is 27.2 Å². The Morgan fingerprint density at radius 2 is 1.80 bits per heavy atom. The molecule has 0 saturated heterocycles. The van der Waals surface area contributed by atoms with Gasteiger partial charge in [0.15, 0.2) is 0 Å². The molecule has 0 radical (unpaired) electrons. The molecule has 5 nitrogen and oxygen atoms in total. The first-order valence-corrected chi connectivity index (χ1v) is 4.93. The number of benzene rings is 1. The second-order valence-electron chi connectivity index (χ2n) is 3.52. The number of carbonyl (C=O) groups is 2. The van der Waals surface area contributed by atoms with Crippen molar-refractivity contribution in [2.24, 2.45) is 0 Å². The van der Waals surface area contributed by atoms with Crippen LogP contribution in [0.15, 0.2) is 30.0 Å². The fourth-order valence-electron chi connectivity index (χ4n) is 1.25. The van der Waals surface area contributed by atoms with Gasteiger partial charge in [-0.1, -0.05) is 0 Å². The molecule has 3 N–H and O–H groups in total. The standard InChI is InChI=1S/C11H7F4NO4/c12-7-2-1-5(3-6(7)11(13,14)15)16-8(10(19)20)4-9(17)18/h1-4,16H,(H,17,18)(H,19,20)/b8-4-. The van der Waals surface area contributed by atoms with Crippen LogP contribution in [0.25, 0.3) is 0 Å². The molecule has 0 bridgehead atoms. The summed E-state index contributed by atoms with van der Waals surface area (Å²) in [5.74, 6) is -4.82. The first-order valence-electron chi connectivity index (χ1n) is 4.93. The number of hydrogen-bond acceptors (Lipinski definition) is 3. The predicted octanol–water partition coefficient (Wildman–Crippen LogP) is 2.31. The molecule has 1 aromatic carbocycles. The number of carboxylic acids is 2. The van der Waals surface area contributed by atoms with Crippen LogP contribution in [0.3, 0.4) is 0 Å². The first kappa shape index (κ1) is 15.5. The van der Waals surface area contributed by atoms with Crippen LogP contribution in [0, 0.1) is 5.82 Å². The number of alkyl halides is 3. The molecule has 108 valence electrons. The third-order valence-corrected chi connectivity index (χ3v) is 2.05. The van der Waals surface area contributed by atoms with Crippen LogP contribution in [0.1, 0.15) is 5.56 Å². The maximum atomic E-state index is 13.0. The molecule has 9 heteroatoms. The van der Waals surface area contributed by atoms with Gasteiger partial charge in [0.1, 0.15) is 11.5 Å². The summed E-state index contributed by atoms with van der Waals surface area (Å²) < 4.78 is 50.3. The van der Waals surface area contributed by atoms with E-state index in [-0.39, 0.29) is 6.08 Å². The molecule has 1 rings (SSSR count). The lowest BCUT2D eigenvalue weighted by Crippen LogP contribution is -2.14. The van der Waals surface area contributed by atoms with Gasteiger partial charge in [0.25, 0.3) is 0 Å². The first-order chi connectivity index (χ1) is 9.11. The molecule has 0 aliphatic carbocycles. The Balaban J connectivity index is 3.16. The Labute approximate surface area is 109 Å². The van der Waals surface area contributed by atoms with Crippen molar-refractivity contribution >= 4 is 17.6 Å². The normalized spacial score (nSPS) is 12.1. The van der Waals surface area contributed by atoms with E-state index in [1.165, 1.54) is 0 Å². The molecule has 0 atom stereocenters. The minimum absolute atomic E-state index is 0.263. The van der Waals surface area contributed by atoms with Gasteiger partial charge in [-0.2, -0.15) is 13.2 Å². The molecule has 0 unspecified atom stereocenters. The molecule has 0 saturated carbocycles. The largest absolute Gasteiger partial charge is 0.478 e. The molecule has 0 amide bonds. The molecule has 20 heavy (non-hydrogen) atoms. The van der Waals surface area contributed by atoms with Crippen LogP contribution in [-0.4, -0.2) is 22.2 Å². The summed E-state index contributed by atoms with van der Waals surface area (Å²) in [5, 5.41) is 19.1. The van der Waals surface area contributed by atoms with Crippen LogP contribution >= 0.6 is 0 Å². The highest BCUT2D eigenvalue weighted by atomic mass is 19.4. The number of carboxylic acid groups (broad SMARTS) is 2. The van der Waals surface area contributed by atoms with E-state index in [1.807, 2.05) is 5.32 Å². The zero-order chi connectivity index (χ0) is 15.5. The Bertz CT molecular complexity index is 580. The van der Waals surface area contributed by atoms with Gasteiger partial charge < -0.3 is 15.5 Å². The monoisotopic (exact) mass is 293 g/mol. The zero-order valence-electron chi connectivity index (χ0n) is 9.53. The highest BCUT2D eigenvalue weighted by Gasteiger charge is 2.34. The summed E-state index contributed by atoms with van der Waals surface area (Å²) in [6.45, 7) is 0. The van der Waals surface area contributed by atoms with Gasteiger partial charge in [0.2, 0.25) is 0 Å². The zero-order valence-corrected chi connectivity index (χ0v) is 9.53. The van der Waals surface area contributed by atoms with Crippen LogP contribution < -0.4 is 5.32 Å². The smallest absolute Gasteiger partial charge is 0.419 e. The van der Waals surface area contributed by atoms with Crippen LogP contribution in [-0.2, 0) is 15.8 Å². The topological polar surface area (TPSA) is 86.6 Å². The minimum atomic E-state index is -4.96. The molecular weight excluding hydrogens is 286 g/mol. The number of nitrogens with one attached hydrogen (secondary N) is 1. The lowest BCUT2D eigenvalue weighted by molar-refractivity contribution is -0.140. The molecule has 0 aliphatic rings. The third-order valence-electron chi connectivity index (χ3n) is 2.05. The van der Waals surface area contributed by atoms with Gasteiger partial charge in [0, 0.05) is 5.69 Å². The van der Waals surface area contributed by atoms with Crippen molar-refractivity contribution in [1.82, 2.24) is 0 Å². The average molecular weight is 293 g/mol. The molecule has 0 spiro atoms. The average Bonchev–Trinajstić information content (AvgIpc) is 2.28. The van der Waals surface area contributed by atoms with Crippen molar-refractivity contribution in [3.05, 3.63) is 41.4 Å². The molecule has 0 fully saturated rings. The molecular formula is C11H7F4NO4. The molecule has 1 aromatic rings. The number of halogens is 4. The fourth-order valence-corrected chi connectivity index (χ4v) is 1.25. The van der Waals surface area contributed by atoms with Crippen molar-refractivity contribution in [2.45, 2.75) is 6.18 Å². The number of rotatable bonds is 4. The van der Waals surface area contributed by atoms with Crippen molar-refractivity contribution in [3.8, 4) is 0 Å². The van der Waals surface area contributed by atoms with Gasteiger partial charge >= 0.3 is 18.1 Å². The number of anilines is 1. The third kappa shape index (κ3) is 3.97. The van der Waals surface area contributed by atoms with E-state index >= 15 is 0 Å². The molecule has 0 aliphatic heterocycles. The van der Waals surface area contributed by atoms with Crippen molar-refractivity contribution in [2.75, 3.05) is 5.32 Å². The molecule has 0 heterocycles. The lowest BCUT2D eigenvalue weighted by atomic mass is 10.1. The number of hydrogen-bond donors (Lipinski definition) is 3. The summed E-state index contributed by atoms with van der Waals surface area (Å²) >= 11 is 0. The summed E-state index contributed by atoms with van der Waals surface area (Å²) in [7, 11) is 0. The molecule has 0 aromatic heterocycles. The van der Waals surface area contributed by atoms with E-state index in [1.54, 1.807) is 0 Å². The SMILES string of the molecule is O=C(O)/C=C(\Nc1ccc(F)c(C(F)(F)F)c1)C(=O)O. The van der Waals surface area contributed by atoms with Crippen molar-refractivity contribution < 1.29 is 37.4 Å². The predicted molar refractivity (Wildman–Crippen MR) is 58.4 cm³/mol. The van der Waals surface area contributed by atoms with E-state index in [4.69, 9.17) is 10.2 Å². The summed E-state index contributed by atoms with van der Waals surface area (Å²) in [6.07, 6.45) is -4.69. The van der Waals surface area contributed by atoms with Crippen LogP contribution in [0.2, 0.25) is 0 Å². The fraction of sp³-hybridized carbons (Fsp3) is 0.0909. The van der Waals surface area contributed by atoms with Gasteiger partial charge in [-0.3, -0.25) is 0 Å². The van der Waals surface area contributed by atoms with Gasteiger partial charge in [0.05, 0.1) is 11.6 Å². The summed E-state index contributed by atoms with van der Waals surface area (Å²) in [5.41, 5.74) is -2.87. The van der Waals surface area contributed by atoms with Gasteiger partial charge in [-0.05, 0) is 18.2 Å². The van der Waals surface area contributed by atoms with Gasteiger partial charge in [-0.25, -0.2) is 14.0 Å². The van der Waals surface area contributed by atoms with E-state index in [0.717, 1.165) is 6.07 Å². The Morgan fingerprint density at radius 3 is 2.25 bits per heavy atom. The van der Waals surface area contributed by atoms with Crippen molar-refractivity contribution in [3.63, 3.8) is 0 Å². The quantitative estimate of drug-likeness (QED) is 0.586. The van der Waals surface area contributed by atoms with Crippen LogP contribution in [0.4, 0.5) is 23.2 Å². The number of aliphatic carboxylic acids is 2. The van der Waals surface area contributed by atoms with E-state index < -0.39 is 40.9 Å². The van der Waals surface area contributed by atoms with Crippen molar-refractivity contribution in [1.29, 1.82) is 0 Å². The van der Waals surface area contributed by atoms with E-state index in [2.05, 4.69) is 0 Å². The Kier molecular flexibility index (Phi) is 4.33. The summed E-state index contributed by atoms with van der Waals surface area (Å²) in [4.78, 5) is 21.1. The minimum Gasteiger partial charge on any atom is -0.478 e. The second kappa shape index (κ2) is 5.59. The van der Waals surface area contributed by atoms with Gasteiger partial charge in [-0.15, -0.1) is 0 Å². The summed E-state index contributed by atoms with van der Waals surface area (Å²) in [6, 6.07) is 1.68. The Morgan fingerprint density at radius 1 is 1.20 bits per heavy atom. The maximum Gasteiger partial charge on any atom is 0.419 e. The highest BCUT2D eigenvalue weighted by Crippen LogP contribution is 2.33. The highest BCUT2D eigenvalue weighted by molar-refractivity contribution is 5.97. The lowest BCUT2D eigenvalue weighted by Gasteiger charge is -2.11. The van der Waals surface area contributed by atoms with E-state index in [0.29, 0.717) is 12.1 Å². The maximum absolute atomic E-state index is 13.0. The Hall–Kier alpha value is -2.58. The van der Waals surface area contributed by atoms with Crippen LogP contribution in [0.5, 0.6) is 0 Å². The second-order valence-corrected chi connectivity index (χ2v) is 3.52.